The summed E-state index contributed by atoms with van der Waals surface area (Å²) in [7, 11) is 0. The normalized spacial score (nSPS) is 20.5. The molecular formula is C23H29ClN4O2. The van der Waals surface area contributed by atoms with Crippen molar-refractivity contribution in [1.29, 1.82) is 0 Å². The maximum Gasteiger partial charge on any atom is 0.323 e. The standard InChI is InChI=1S/C23H28N4O2.ClH/c1-16-7-8-17(13-21(16)26-23(29)25-20-5-3-2-4-6-20)22(28)27-11-9-18-14-24-15-19(18)10-12-27;/h2-8,13,18-19,24H,9-12,14-15H2,1H3,(H2,25,26,29);1H/t18-,19+;. The van der Waals surface area contributed by atoms with Crippen LogP contribution >= 0.6 is 12.4 Å². The number of carbonyl (C=O) groups is 2. The Morgan fingerprint density at radius 3 is 2.30 bits per heavy atom. The molecule has 3 N–H and O–H groups in total. The Morgan fingerprint density at radius 2 is 1.63 bits per heavy atom. The van der Waals surface area contributed by atoms with Crippen LogP contribution in [0.4, 0.5) is 16.2 Å². The first-order valence-corrected chi connectivity index (χ1v) is 10.3. The Kier molecular flexibility index (Phi) is 7.34. The number of urea groups is 1. The number of rotatable bonds is 3. The smallest absolute Gasteiger partial charge is 0.323 e. The summed E-state index contributed by atoms with van der Waals surface area (Å²) in [4.78, 5) is 27.4. The van der Waals surface area contributed by atoms with E-state index in [4.69, 9.17) is 0 Å². The highest BCUT2D eigenvalue weighted by molar-refractivity contribution is 6.02. The van der Waals surface area contributed by atoms with Crippen molar-refractivity contribution in [3.05, 3.63) is 59.7 Å². The van der Waals surface area contributed by atoms with Gasteiger partial charge < -0.3 is 20.9 Å². The number of carbonyl (C=O) groups excluding carboxylic acids is 2. The lowest BCUT2D eigenvalue weighted by atomic mass is 9.92. The highest BCUT2D eigenvalue weighted by Gasteiger charge is 2.31. The number of anilines is 2. The van der Waals surface area contributed by atoms with Crippen molar-refractivity contribution in [2.45, 2.75) is 19.8 Å². The van der Waals surface area contributed by atoms with E-state index in [9.17, 15) is 9.59 Å². The number of likely N-dealkylation sites (tertiary alicyclic amines) is 1. The van der Waals surface area contributed by atoms with Gasteiger partial charge in [0.25, 0.3) is 5.91 Å². The molecule has 2 aliphatic heterocycles. The van der Waals surface area contributed by atoms with Crippen LogP contribution in [0.15, 0.2) is 48.5 Å². The van der Waals surface area contributed by atoms with Crippen LogP contribution in [0.5, 0.6) is 0 Å². The molecule has 0 bridgehead atoms. The molecule has 2 atom stereocenters. The van der Waals surface area contributed by atoms with Crippen LogP contribution in [0.2, 0.25) is 0 Å². The van der Waals surface area contributed by atoms with E-state index in [2.05, 4.69) is 16.0 Å². The number of hydrogen-bond donors (Lipinski definition) is 3. The number of fused-ring (bicyclic) bond motifs is 1. The topological polar surface area (TPSA) is 73.5 Å². The fourth-order valence-electron chi connectivity index (χ4n) is 4.30. The van der Waals surface area contributed by atoms with E-state index in [0.29, 0.717) is 23.1 Å². The van der Waals surface area contributed by atoms with E-state index < -0.39 is 0 Å². The van der Waals surface area contributed by atoms with Crippen LogP contribution in [0.1, 0.15) is 28.8 Å². The molecule has 2 heterocycles. The van der Waals surface area contributed by atoms with Crippen molar-refractivity contribution >= 4 is 35.7 Å². The molecule has 2 saturated heterocycles. The summed E-state index contributed by atoms with van der Waals surface area (Å²) in [6.07, 6.45) is 2.11. The number of halogens is 1. The molecule has 2 aliphatic rings. The predicted octanol–water partition coefficient (Wildman–Crippen LogP) is 4.13. The molecule has 2 fully saturated rings. The fraction of sp³-hybridized carbons (Fsp3) is 0.391. The van der Waals surface area contributed by atoms with Crippen LogP contribution < -0.4 is 16.0 Å². The first-order chi connectivity index (χ1) is 14.1. The zero-order valence-corrected chi connectivity index (χ0v) is 18.0. The van der Waals surface area contributed by atoms with Gasteiger partial charge in [0.2, 0.25) is 0 Å². The third-order valence-corrected chi connectivity index (χ3v) is 6.07. The molecule has 0 aromatic heterocycles. The maximum absolute atomic E-state index is 13.1. The first-order valence-electron chi connectivity index (χ1n) is 10.3. The lowest BCUT2D eigenvalue weighted by Gasteiger charge is -2.21. The van der Waals surface area contributed by atoms with Gasteiger partial charge in [0.05, 0.1) is 0 Å². The van der Waals surface area contributed by atoms with Gasteiger partial charge in [0, 0.05) is 30.0 Å². The van der Waals surface area contributed by atoms with Gasteiger partial charge in [-0.15, -0.1) is 12.4 Å². The van der Waals surface area contributed by atoms with Gasteiger partial charge in [-0.05, 0) is 74.5 Å². The van der Waals surface area contributed by atoms with Crippen LogP contribution in [0, 0.1) is 18.8 Å². The third-order valence-electron chi connectivity index (χ3n) is 6.07. The van der Waals surface area contributed by atoms with Crippen molar-refractivity contribution in [1.82, 2.24) is 10.2 Å². The van der Waals surface area contributed by atoms with E-state index in [1.54, 1.807) is 6.07 Å². The van der Waals surface area contributed by atoms with E-state index in [-0.39, 0.29) is 24.3 Å². The van der Waals surface area contributed by atoms with Crippen molar-refractivity contribution < 1.29 is 9.59 Å². The minimum absolute atomic E-state index is 0. The first kappa shape index (κ1) is 22.1. The van der Waals surface area contributed by atoms with Gasteiger partial charge in [-0.3, -0.25) is 4.79 Å². The largest absolute Gasteiger partial charge is 0.339 e. The molecule has 0 saturated carbocycles. The molecule has 4 rings (SSSR count). The summed E-state index contributed by atoms with van der Waals surface area (Å²) < 4.78 is 0. The second-order valence-electron chi connectivity index (χ2n) is 8.02. The number of para-hydroxylation sites is 1. The predicted molar refractivity (Wildman–Crippen MR) is 122 cm³/mol. The Labute approximate surface area is 183 Å². The third kappa shape index (κ3) is 5.12. The van der Waals surface area contributed by atoms with Gasteiger partial charge in [-0.1, -0.05) is 24.3 Å². The number of nitrogens with zero attached hydrogens (tertiary/aromatic N) is 1. The van der Waals surface area contributed by atoms with Gasteiger partial charge in [-0.2, -0.15) is 0 Å². The van der Waals surface area contributed by atoms with Crippen LogP contribution in [-0.4, -0.2) is 43.0 Å². The zero-order chi connectivity index (χ0) is 20.2. The maximum atomic E-state index is 13.1. The number of benzene rings is 2. The highest BCUT2D eigenvalue weighted by atomic mass is 35.5. The summed E-state index contributed by atoms with van der Waals surface area (Å²) in [6, 6.07) is 14.5. The SMILES string of the molecule is Cc1ccc(C(=O)N2CC[C@@H]3CNC[C@@H]3CC2)cc1NC(=O)Nc1ccccc1.Cl. The van der Waals surface area contributed by atoms with Gasteiger partial charge >= 0.3 is 6.03 Å². The highest BCUT2D eigenvalue weighted by Crippen LogP contribution is 2.28. The van der Waals surface area contributed by atoms with Crippen LogP contribution in [0.25, 0.3) is 0 Å². The molecule has 2 aromatic carbocycles. The number of nitrogens with one attached hydrogen (secondary N) is 3. The van der Waals surface area contributed by atoms with Gasteiger partial charge in [-0.25, -0.2) is 4.79 Å². The number of amides is 3. The summed E-state index contributed by atoms with van der Waals surface area (Å²) in [5.41, 5.74) is 2.91. The van der Waals surface area contributed by atoms with Crippen LogP contribution in [-0.2, 0) is 0 Å². The fourth-order valence-corrected chi connectivity index (χ4v) is 4.30. The molecule has 2 aromatic rings. The second kappa shape index (κ2) is 9.96. The lowest BCUT2D eigenvalue weighted by molar-refractivity contribution is 0.0758. The molecule has 0 radical (unpaired) electrons. The molecule has 6 nitrogen and oxygen atoms in total. The van der Waals surface area contributed by atoms with Gasteiger partial charge in [0.1, 0.15) is 0 Å². The van der Waals surface area contributed by atoms with E-state index in [0.717, 1.165) is 50.3 Å². The van der Waals surface area contributed by atoms with Gasteiger partial charge in [0.15, 0.2) is 0 Å². The lowest BCUT2D eigenvalue weighted by Crippen LogP contribution is -2.33. The summed E-state index contributed by atoms with van der Waals surface area (Å²) in [6.45, 7) is 5.66. The summed E-state index contributed by atoms with van der Waals surface area (Å²) >= 11 is 0. The Bertz CT molecular complexity index is 876. The van der Waals surface area contributed by atoms with E-state index >= 15 is 0 Å². The quantitative estimate of drug-likeness (QED) is 0.688. The van der Waals surface area contributed by atoms with Crippen molar-refractivity contribution in [3.8, 4) is 0 Å². The molecule has 30 heavy (non-hydrogen) atoms. The van der Waals surface area contributed by atoms with E-state index in [1.165, 1.54) is 0 Å². The molecule has 0 aliphatic carbocycles. The van der Waals surface area contributed by atoms with Crippen molar-refractivity contribution in [2.24, 2.45) is 11.8 Å². The second-order valence-corrected chi connectivity index (χ2v) is 8.02. The molecule has 0 unspecified atom stereocenters. The zero-order valence-electron chi connectivity index (χ0n) is 17.2. The molecule has 160 valence electrons. The Morgan fingerprint density at radius 1 is 0.967 bits per heavy atom. The summed E-state index contributed by atoms with van der Waals surface area (Å²) in [5, 5.41) is 9.15. The average molecular weight is 429 g/mol. The monoisotopic (exact) mass is 428 g/mol. The van der Waals surface area contributed by atoms with Crippen LogP contribution in [0.3, 0.4) is 0 Å². The van der Waals surface area contributed by atoms with Crippen molar-refractivity contribution in [3.63, 3.8) is 0 Å². The Hall–Kier alpha value is -2.57. The minimum atomic E-state index is -0.320. The number of hydrogen-bond acceptors (Lipinski definition) is 3. The molecule has 0 spiro atoms. The minimum Gasteiger partial charge on any atom is -0.339 e. The summed E-state index contributed by atoms with van der Waals surface area (Å²) in [5.74, 6) is 1.42. The molecule has 7 heteroatoms. The number of aryl methyl sites for hydroxylation is 1. The molecule has 3 amide bonds. The van der Waals surface area contributed by atoms with E-state index in [1.807, 2.05) is 54.3 Å². The average Bonchev–Trinajstić information content (AvgIpc) is 3.08. The van der Waals surface area contributed by atoms with Crippen molar-refractivity contribution in [2.75, 3.05) is 36.8 Å². The molecular weight excluding hydrogens is 400 g/mol. The Balaban J connectivity index is 0.00000256.